The molecule has 3 N–H and O–H groups in total. The van der Waals surface area contributed by atoms with Crippen LogP contribution in [0.5, 0.6) is 0 Å². The van der Waals surface area contributed by atoms with E-state index < -0.39 is 0 Å². The molecule has 0 saturated heterocycles. The van der Waals surface area contributed by atoms with E-state index in [1.165, 1.54) is 0 Å². The van der Waals surface area contributed by atoms with E-state index in [0.29, 0.717) is 5.89 Å². The van der Waals surface area contributed by atoms with Gasteiger partial charge in [0, 0.05) is 24.6 Å². The Labute approximate surface area is 117 Å². The number of carbonyl (C=O) groups excluding carboxylic acids is 1. The molecule has 0 unspecified atom stereocenters. The Kier molecular flexibility index (Phi) is 3.44. The third kappa shape index (κ3) is 2.67. The molecule has 1 saturated carbocycles. The van der Waals surface area contributed by atoms with Gasteiger partial charge in [-0.25, -0.2) is 4.98 Å². The highest BCUT2D eigenvalue weighted by molar-refractivity contribution is 5.94. The van der Waals surface area contributed by atoms with Crippen LogP contribution in [0.3, 0.4) is 0 Å². The molecule has 0 radical (unpaired) electrons. The third-order valence-electron chi connectivity index (χ3n) is 3.90. The number of hydrogen-bond acceptors (Lipinski definition) is 4. The normalized spacial score (nSPS) is 22.9. The zero-order valence-electron chi connectivity index (χ0n) is 11.6. The van der Waals surface area contributed by atoms with Crippen molar-refractivity contribution in [1.29, 1.82) is 0 Å². The first-order valence-electron chi connectivity index (χ1n) is 7.05. The molecule has 0 atom stereocenters. The van der Waals surface area contributed by atoms with E-state index in [1.54, 1.807) is 0 Å². The number of oxazole rings is 1. The Morgan fingerprint density at radius 3 is 2.85 bits per heavy atom. The van der Waals surface area contributed by atoms with Crippen LogP contribution in [0, 0.1) is 12.8 Å². The van der Waals surface area contributed by atoms with Crippen molar-refractivity contribution in [3.63, 3.8) is 0 Å². The molecule has 1 heterocycles. The van der Waals surface area contributed by atoms with Crippen molar-refractivity contribution in [2.75, 3.05) is 5.32 Å². The average Bonchev–Trinajstić information content (AvgIpc) is 2.78. The van der Waals surface area contributed by atoms with Crippen LogP contribution >= 0.6 is 0 Å². The maximum Gasteiger partial charge on any atom is 0.227 e. The van der Waals surface area contributed by atoms with Crippen LogP contribution in [0.4, 0.5) is 5.69 Å². The average molecular weight is 273 g/mol. The summed E-state index contributed by atoms with van der Waals surface area (Å²) in [7, 11) is 0. The number of anilines is 1. The van der Waals surface area contributed by atoms with Crippen molar-refractivity contribution in [1.82, 2.24) is 4.98 Å². The zero-order chi connectivity index (χ0) is 14.1. The highest BCUT2D eigenvalue weighted by Gasteiger charge is 2.24. The van der Waals surface area contributed by atoms with Crippen molar-refractivity contribution in [3.8, 4) is 0 Å². The van der Waals surface area contributed by atoms with Crippen LogP contribution in [0.2, 0.25) is 0 Å². The molecule has 3 rings (SSSR count). The van der Waals surface area contributed by atoms with Gasteiger partial charge in [0.05, 0.1) is 0 Å². The quantitative estimate of drug-likeness (QED) is 0.881. The van der Waals surface area contributed by atoms with Crippen molar-refractivity contribution < 1.29 is 9.21 Å². The molecule has 20 heavy (non-hydrogen) atoms. The van der Waals surface area contributed by atoms with E-state index in [9.17, 15) is 4.79 Å². The molecule has 5 nitrogen and oxygen atoms in total. The number of nitrogens with zero attached hydrogens (tertiary/aromatic N) is 1. The van der Waals surface area contributed by atoms with Gasteiger partial charge in [-0.05, 0) is 43.9 Å². The lowest BCUT2D eigenvalue weighted by molar-refractivity contribution is -0.120. The van der Waals surface area contributed by atoms with Gasteiger partial charge >= 0.3 is 0 Å². The second-order valence-corrected chi connectivity index (χ2v) is 5.52. The van der Waals surface area contributed by atoms with Crippen molar-refractivity contribution in [3.05, 3.63) is 24.1 Å². The molecule has 0 bridgehead atoms. The van der Waals surface area contributed by atoms with E-state index in [-0.39, 0.29) is 17.9 Å². The number of amides is 1. The minimum absolute atomic E-state index is 0.0736. The Morgan fingerprint density at radius 2 is 2.10 bits per heavy atom. The number of fused-ring (bicyclic) bond motifs is 1. The number of benzene rings is 1. The fourth-order valence-corrected chi connectivity index (χ4v) is 2.75. The largest absolute Gasteiger partial charge is 0.441 e. The Morgan fingerprint density at radius 1 is 1.35 bits per heavy atom. The molecule has 0 aliphatic heterocycles. The van der Waals surface area contributed by atoms with Crippen LogP contribution in [0.1, 0.15) is 31.6 Å². The summed E-state index contributed by atoms with van der Waals surface area (Å²) in [5.74, 6) is 0.783. The number of rotatable bonds is 2. The molecule has 1 aliphatic carbocycles. The third-order valence-corrected chi connectivity index (χ3v) is 3.90. The maximum absolute atomic E-state index is 12.2. The van der Waals surface area contributed by atoms with Gasteiger partial charge < -0.3 is 15.5 Å². The lowest BCUT2D eigenvalue weighted by Crippen LogP contribution is -2.32. The SMILES string of the molecule is Cc1nc2cc(NC(=O)C3CCC(N)CC3)ccc2o1. The topological polar surface area (TPSA) is 81.2 Å². The highest BCUT2D eigenvalue weighted by Crippen LogP contribution is 2.25. The van der Waals surface area contributed by atoms with Crippen molar-refractivity contribution >= 4 is 22.7 Å². The highest BCUT2D eigenvalue weighted by atomic mass is 16.3. The minimum Gasteiger partial charge on any atom is -0.441 e. The van der Waals surface area contributed by atoms with E-state index >= 15 is 0 Å². The summed E-state index contributed by atoms with van der Waals surface area (Å²) in [6.45, 7) is 1.81. The monoisotopic (exact) mass is 273 g/mol. The van der Waals surface area contributed by atoms with E-state index in [2.05, 4.69) is 10.3 Å². The first kappa shape index (κ1) is 13.1. The van der Waals surface area contributed by atoms with Gasteiger partial charge in [0.1, 0.15) is 5.52 Å². The Hall–Kier alpha value is -1.88. The van der Waals surface area contributed by atoms with Crippen molar-refractivity contribution in [2.24, 2.45) is 11.7 Å². The van der Waals surface area contributed by atoms with Crippen LogP contribution < -0.4 is 11.1 Å². The number of nitrogens with one attached hydrogen (secondary N) is 1. The minimum atomic E-state index is 0.0736. The lowest BCUT2D eigenvalue weighted by atomic mass is 9.86. The van der Waals surface area contributed by atoms with Gasteiger partial charge in [-0.15, -0.1) is 0 Å². The van der Waals surface area contributed by atoms with Gasteiger partial charge in [-0.2, -0.15) is 0 Å². The van der Waals surface area contributed by atoms with Crippen LogP contribution in [0.25, 0.3) is 11.1 Å². The van der Waals surface area contributed by atoms with Gasteiger partial charge in [-0.3, -0.25) is 4.79 Å². The summed E-state index contributed by atoms with van der Waals surface area (Å²) in [4.78, 5) is 16.5. The van der Waals surface area contributed by atoms with Crippen LogP contribution in [-0.2, 0) is 4.79 Å². The number of aromatic nitrogens is 1. The van der Waals surface area contributed by atoms with Crippen molar-refractivity contribution in [2.45, 2.75) is 38.6 Å². The fourth-order valence-electron chi connectivity index (χ4n) is 2.75. The molecule has 1 aliphatic rings. The second kappa shape index (κ2) is 5.25. The van der Waals surface area contributed by atoms with Crippen LogP contribution in [-0.4, -0.2) is 16.9 Å². The predicted octanol–water partition coefficient (Wildman–Crippen LogP) is 2.59. The molecule has 5 heteroatoms. The van der Waals surface area contributed by atoms with E-state index in [0.717, 1.165) is 42.5 Å². The Bertz CT molecular complexity index is 627. The van der Waals surface area contributed by atoms with Gasteiger partial charge in [0.25, 0.3) is 0 Å². The number of hydrogen-bond donors (Lipinski definition) is 2. The molecule has 1 amide bonds. The molecule has 1 aromatic heterocycles. The smallest absolute Gasteiger partial charge is 0.227 e. The molecule has 2 aromatic rings. The maximum atomic E-state index is 12.2. The predicted molar refractivity (Wildman–Crippen MR) is 77.3 cm³/mol. The Balaban J connectivity index is 1.70. The number of carbonyl (C=O) groups is 1. The van der Waals surface area contributed by atoms with E-state index in [4.69, 9.17) is 10.2 Å². The van der Waals surface area contributed by atoms with Crippen LogP contribution in [0.15, 0.2) is 22.6 Å². The standard InChI is InChI=1S/C15H19N3O2/c1-9-17-13-8-12(6-7-14(13)20-9)18-15(19)10-2-4-11(16)5-3-10/h6-8,10-11H,2-5,16H2,1H3,(H,18,19). The lowest BCUT2D eigenvalue weighted by Gasteiger charge is -2.25. The molecular weight excluding hydrogens is 254 g/mol. The first-order valence-corrected chi connectivity index (χ1v) is 7.05. The summed E-state index contributed by atoms with van der Waals surface area (Å²) in [5.41, 5.74) is 8.14. The molecule has 0 spiro atoms. The van der Waals surface area contributed by atoms with E-state index in [1.807, 2.05) is 25.1 Å². The molecule has 1 fully saturated rings. The summed E-state index contributed by atoms with van der Waals surface area (Å²) in [6.07, 6.45) is 3.61. The zero-order valence-corrected chi connectivity index (χ0v) is 11.6. The first-order chi connectivity index (χ1) is 9.61. The summed E-state index contributed by atoms with van der Waals surface area (Å²) < 4.78 is 5.42. The summed E-state index contributed by atoms with van der Waals surface area (Å²) in [5, 5.41) is 2.97. The second-order valence-electron chi connectivity index (χ2n) is 5.52. The number of nitrogens with two attached hydrogens (primary N) is 1. The molecular formula is C15H19N3O2. The van der Waals surface area contributed by atoms with Gasteiger partial charge in [0.2, 0.25) is 5.91 Å². The summed E-state index contributed by atoms with van der Waals surface area (Å²) >= 11 is 0. The number of aryl methyl sites for hydroxylation is 1. The van der Waals surface area contributed by atoms with Gasteiger partial charge in [-0.1, -0.05) is 0 Å². The fraction of sp³-hybridized carbons (Fsp3) is 0.467. The summed E-state index contributed by atoms with van der Waals surface area (Å²) in [6, 6.07) is 5.79. The molecule has 1 aromatic carbocycles. The molecule has 106 valence electrons. The van der Waals surface area contributed by atoms with Gasteiger partial charge in [0.15, 0.2) is 11.5 Å².